The van der Waals surface area contributed by atoms with Gasteiger partial charge in [0.25, 0.3) is 0 Å². The minimum Gasteiger partial charge on any atom is -0.467 e. The normalized spacial score (nSPS) is 17.2. The Bertz CT molecular complexity index is 1130. The number of thioether (sulfide) groups is 1. The highest BCUT2D eigenvalue weighted by Crippen LogP contribution is 2.33. The minimum atomic E-state index is -0.543. The second kappa shape index (κ2) is 9.44. The van der Waals surface area contributed by atoms with Crippen LogP contribution in [0.25, 0.3) is 0 Å². The SMILES string of the molecule is Cc1ccc(N=C2S[C@@H](CC(=O)Nc3c(C)cccc3C)C(=O)N2Cc2ccco2)cc1. The van der Waals surface area contributed by atoms with Gasteiger partial charge in [-0.05, 0) is 56.2 Å². The molecule has 0 aliphatic carbocycles. The number of anilines is 1. The van der Waals surface area contributed by atoms with Crippen molar-refractivity contribution in [2.24, 2.45) is 4.99 Å². The average Bonchev–Trinajstić information content (AvgIpc) is 3.37. The first-order valence-corrected chi connectivity index (χ1v) is 11.3. The predicted molar refractivity (Wildman–Crippen MR) is 128 cm³/mol. The summed E-state index contributed by atoms with van der Waals surface area (Å²) in [5.41, 5.74) is 4.68. The van der Waals surface area contributed by atoms with Crippen molar-refractivity contribution in [3.8, 4) is 0 Å². The highest BCUT2D eigenvalue weighted by atomic mass is 32.2. The van der Waals surface area contributed by atoms with Gasteiger partial charge in [-0.3, -0.25) is 14.5 Å². The van der Waals surface area contributed by atoms with Gasteiger partial charge in [0.1, 0.15) is 11.0 Å². The summed E-state index contributed by atoms with van der Waals surface area (Å²) in [4.78, 5) is 32.3. The maximum absolute atomic E-state index is 13.2. The fourth-order valence-corrected chi connectivity index (χ4v) is 4.69. The maximum atomic E-state index is 13.2. The molecule has 1 aromatic heterocycles. The second-order valence-corrected chi connectivity index (χ2v) is 9.03. The summed E-state index contributed by atoms with van der Waals surface area (Å²) in [5.74, 6) is 0.327. The Balaban J connectivity index is 1.54. The maximum Gasteiger partial charge on any atom is 0.243 e. The van der Waals surface area contributed by atoms with Gasteiger partial charge in [0.05, 0.1) is 18.5 Å². The highest BCUT2D eigenvalue weighted by Gasteiger charge is 2.39. The molecule has 1 N–H and O–H groups in total. The molecular weight excluding hydrogens is 422 g/mol. The molecule has 0 unspecified atom stereocenters. The van der Waals surface area contributed by atoms with Gasteiger partial charge in [0.2, 0.25) is 11.8 Å². The van der Waals surface area contributed by atoms with Gasteiger partial charge in [-0.2, -0.15) is 0 Å². The minimum absolute atomic E-state index is 0.0683. The smallest absolute Gasteiger partial charge is 0.243 e. The molecule has 3 aromatic rings. The molecule has 0 saturated carbocycles. The molecule has 2 heterocycles. The fraction of sp³-hybridized carbons (Fsp3) is 0.240. The molecule has 1 fully saturated rings. The molecule has 4 rings (SSSR count). The van der Waals surface area contributed by atoms with Crippen molar-refractivity contribution in [2.45, 2.75) is 39.0 Å². The zero-order chi connectivity index (χ0) is 22.7. The number of hydrogen-bond donors (Lipinski definition) is 1. The van der Waals surface area contributed by atoms with E-state index >= 15 is 0 Å². The summed E-state index contributed by atoms with van der Waals surface area (Å²) in [7, 11) is 0. The summed E-state index contributed by atoms with van der Waals surface area (Å²) >= 11 is 1.32. The molecule has 6 nitrogen and oxygen atoms in total. The molecule has 7 heteroatoms. The van der Waals surface area contributed by atoms with Crippen LogP contribution in [0.4, 0.5) is 11.4 Å². The van der Waals surface area contributed by atoms with E-state index in [4.69, 9.17) is 9.41 Å². The number of carbonyl (C=O) groups excluding carboxylic acids is 2. The number of nitrogens with one attached hydrogen (secondary N) is 1. The van der Waals surface area contributed by atoms with Crippen LogP contribution in [0.5, 0.6) is 0 Å². The van der Waals surface area contributed by atoms with E-state index in [1.54, 1.807) is 17.2 Å². The first-order chi connectivity index (χ1) is 15.4. The lowest BCUT2D eigenvalue weighted by molar-refractivity contribution is -0.128. The monoisotopic (exact) mass is 447 g/mol. The number of para-hydroxylation sites is 1. The molecule has 2 aromatic carbocycles. The molecule has 32 heavy (non-hydrogen) atoms. The van der Waals surface area contributed by atoms with E-state index in [1.165, 1.54) is 11.8 Å². The Hall–Kier alpha value is -3.32. The molecular formula is C25H25N3O3S. The van der Waals surface area contributed by atoms with Crippen molar-refractivity contribution >= 4 is 40.1 Å². The summed E-state index contributed by atoms with van der Waals surface area (Å²) in [6.45, 7) is 6.20. The standard InChI is InChI=1S/C25H25N3O3S/c1-16-9-11-19(12-10-16)26-25-28(15-20-8-5-13-31-20)24(30)21(32-25)14-22(29)27-23-17(2)6-4-7-18(23)3/h4-13,21H,14-15H2,1-3H3,(H,27,29)/t21-/m0/s1. The Labute approximate surface area is 191 Å². The first-order valence-electron chi connectivity index (χ1n) is 10.4. The van der Waals surface area contributed by atoms with E-state index in [2.05, 4.69) is 5.32 Å². The van der Waals surface area contributed by atoms with Gasteiger partial charge in [0, 0.05) is 12.1 Å². The number of aryl methyl sites for hydroxylation is 3. The lowest BCUT2D eigenvalue weighted by Gasteiger charge is -2.15. The van der Waals surface area contributed by atoms with E-state index in [9.17, 15) is 9.59 Å². The van der Waals surface area contributed by atoms with Crippen molar-refractivity contribution in [3.63, 3.8) is 0 Å². The quantitative estimate of drug-likeness (QED) is 0.552. The lowest BCUT2D eigenvalue weighted by Crippen LogP contribution is -2.33. The number of aliphatic imine (C=N–C) groups is 1. The Morgan fingerprint density at radius 2 is 1.78 bits per heavy atom. The van der Waals surface area contributed by atoms with Gasteiger partial charge in [0.15, 0.2) is 5.17 Å². The number of hydrogen-bond acceptors (Lipinski definition) is 5. The largest absolute Gasteiger partial charge is 0.467 e. The number of amidine groups is 1. The van der Waals surface area contributed by atoms with Crippen molar-refractivity contribution < 1.29 is 14.0 Å². The van der Waals surface area contributed by atoms with Crippen molar-refractivity contribution in [3.05, 3.63) is 83.3 Å². The van der Waals surface area contributed by atoms with Gasteiger partial charge in [-0.25, -0.2) is 4.99 Å². The molecule has 1 saturated heterocycles. The third-order valence-electron chi connectivity index (χ3n) is 5.29. The van der Waals surface area contributed by atoms with Crippen LogP contribution >= 0.6 is 11.8 Å². The Kier molecular flexibility index (Phi) is 6.46. The Morgan fingerprint density at radius 3 is 2.44 bits per heavy atom. The van der Waals surface area contributed by atoms with Crippen LogP contribution in [0.1, 0.15) is 28.9 Å². The zero-order valence-corrected chi connectivity index (χ0v) is 19.1. The number of amides is 2. The van der Waals surface area contributed by atoms with E-state index in [0.29, 0.717) is 10.9 Å². The van der Waals surface area contributed by atoms with Crippen LogP contribution in [-0.4, -0.2) is 27.1 Å². The molecule has 0 bridgehead atoms. The van der Waals surface area contributed by atoms with Gasteiger partial charge in [-0.1, -0.05) is 47.7 Å². The van der Waals surface area contributed by atoms with E-state index in [-0.39, 0.29) is 24.8 Å². The third-order valence-corrected chi connectivity index (χ3v) is 6.46. The number of nitrogens with zero attached hydrogens (tertiary/aromatic N) is 2. The van der Waals surface area contributed by atoms with Crippen LogP contribution in [0.2, 0.25) is 0 Å². The summed E-state index contributed by atoms with van der Waals surface area (Å²) < 4.78 is 5.44. The number of rotatable bonds is 6. The molecule has 0 spiro atoms. The second-order valence-electron chi connectivity index (χ2n) is 7.86. The molecule has 1 atom stereocenters. The van der Waals surface area contributed by atoms with Crippen LogP contribution in [0.15, 0.2) is 70.3 Å². The van der Waals surface area contributed by atoms with E-state index < -0.39 is 5.25 Å². The summed E-state index contributed by atoms with van der Waals surface area (Å²) in [6, 6.07) is 17.3. The average molecular weight is 448 g/mol. The molecule has 2 amide bonds. The summed E-state index contributed by atoms with van der Waals surface area (Å²) in [5, 5.41) is 3.00. The van der Waals surface area contributed by atoms with Crippen LogP contribution in [-0.2, 0) is 16.1 Å². The van der Waals surface area contributed by atoms with Gasteiger partial charge in [-0.15, -0.1) is 0 Å². The highest BCUT2D eigenvalue weighted by molar-refractivity contribution is 8.15. The van der Waals surface area contributed by atoms with E-state index in [0.717, 1.165) is 28.1 Å². The summed E-state index contributed by atoms with van der Waals surface area (Å²) in [6.07, 6.45) is 1.65. The van der Waals surface area contributed by atoms with Crippen molar-refractivity contribution in [1.29, 1.82) is 0 Å². The van der Waals surface area contributed by atoms with E-state index in [1.807, 2.05) is 69.3 Å². The predicted octanol–water partition coefficient (Wildman–Crippen LogP) is 5.37. The van der Waals surface area contributed by atoms with Crippen LogP contribution in [0, 0.1) is 20.8 Å². The first kappa shape index (κ1) is 21.9. The Morgan fingerprint density at radius 1 is 1.06 bits per heavy atom. The number of furan rings is 1. The van der Waals surface area contributed by atoms with Crippen LogP contribution < -0.4 is 5.32 Å². The molecule has 164 valence electrons. The lowest BCUT2D eigenvalue weighted by atomic mass is 10.1. The van der Waals surface area contributed by atoms with Crippen molar-refractivity contribution in [1.82, 2.24) is 4.90 Å². The zero-order valence-electron chi connectivity index (χ0n) is 18.3. The van der Waals surface area contributed by atoms with Gasteiger partial charge >= 0.3 is 0 Å². The van der Waals surface area contributed by atoms with Crippen LogP contribution in [0.3, 0.4) is 0 Å². The van der Waals surface area contributed by atoms with Gasteiger partial charge < -0.3 is 9.73 Å². The molecule has 1 aliphatic heterocycles. The number of carbonyl (C=O) groups is 2. The fourth-order valence-electron chi connectivity index (χ4n) is 3.53. The topological polar surface area (TPSA) is 74.9 Å². The number of benzene rings is 2. The third kappa shape index (κ3) is 4.94. The molecule has 0 radical (unpaired) electrons. The van der Waals surface area contributed by atoms with Crippen molar-refractivity contribution in [2.75, 3.05) is 5.32 Å². The molecule has 1 aliphatic rings.